The van der Waals surface area contributed by atoms with Gasteiger partial charge in [0.15, 0.2) is 0 Å². The molecule has 0 spiro atoms. The van der Waals surface area contributed by atoms with E-state index in [9.17, 15) is 8.42 Å². The van der Waals surface area contributed by atoms with E-state index in [1.165, 1.54) is 0 Å². The van der Waals surface area contributed by atoms with Crippen LogP contribution in [0.3, 0.4) is 0 Å². The van der Waals surface area contributed by atoms with Gasteiger partial charge >= 0.3 is 0 Å². The molecule has 3 rings (SSSR count). The fraction of sp³-hybridized carbons (Fsp3) is 0.625. The minimum Gasteiger partial charge on any atom is -0.315 e. The molecule has 0 bridgehead atoms. The van der Waals surface area contributed by atoms with Crippen molar-refractivity contribution in [2.75, 3.05) is 13.1 Å². The lowest BCUT2D eigenvalue weighted by Gasteiger charge is -2.28. The van der Waals surface area contributed by atoms with Crippen LogP contribution >= 0.6 is 11.6 Å². The number of hydrogen-bond donors (Lipinski definition) is 1. The molecule has 1 aliphatic carbocycles. The molecule has 1 aromatic carbocycles. The first kappa shape index (κ1) is 16.2. The molecule has 1 unspecified atom stereocenters. The Bertz CT molecular complexity index is 650. The molecule has 22 heavy (non-hydrogen) atoms. The number of sulfonamides is 1. The first-order chi connectivity index (χ1) is 10.4. The van der Waals surface area contributed by atoms with Crippen molar-refractivity contribution in [3.8, 4) is 0 Å². The van der Waals surface area contributed by atoms with Gasteiger partial charge in [-0.2, -0.15) is 4.31 Å². The predicted molar refractivity (Wildman–Crippen MR) is 88.9 cm³/mol. The number of halogens is 1. The van der Waals surface area contributed by atoms with Gasteiger partial charge in [-0.1, -0.05) is 31.5 Å². The Hall–Kier alpha value is -0.620. The molecule has 122 valence electrons. The van der Waals surface area contributed by atoms with Crippen LogP contribution in [0.15, 0.2) is 23.1 Å². The molecule has 0 amide bonds. The highest BCUT2D eigenvalue weighted by atomic mass is 35.5. The normalized spacial score (nSPS) is 22.7. The number of benzene rings is 1. The molecule has 1 atom stereocenters. The summed E-state index contributed by atoms with van der Waals surface area (Å²) in [7, 11) is -3.55. The van der Waals surface area contributed by atoms with E-state index in [1.54, 1.807) is 16.4 Å². The lowest BCUT2D eigenvalue weighted by Crippen LogP contribution is -2.43. The fourth-order valence-electron chi connectivity index (χ4n) is 3.07. The summed E-state index contributed by atoms with van der Waals surface area (Å²) in [5.41, 5.74) is 1.00. The number of nitrogens with one attached hydrogen (secondary N) is 1. The quantitative estimate of drug-likeness (QED) is 0.895. The summed E-state index contributed by atoms with van der Waals surface area (Å²) in [5.74, 6) is 0.272. The molecule has 0 radical (unpaired) electrons. The van der Waals surface area contributed by atoms with E-state index in [-0.39, 0.29) is 22.9 Å². The molecule has 1 saturated heterocycles. The third-order valence-corrected chi connectivity index (χ3v) is 6.96. The van der Waals surface area contributed by atoms with Gasteiger partial charge in [-0.05, 0) is 49.4 Å². The second-order valence-corrected chi connectivity index (χ2v) is 8.78. The van der Waals surface area contributed by atoms with Crippen molar-refractivity contribution in [1.82, 2.24) is 9.62 Å². The summed E-state index contributed by atoms with van der Waals surface area (Å²) in [4.78, 5) is 0.263. The van der Waals surface area contributed by atoms with Crippen molar-refractivity contribution in [3.05, 3.63) is 28.8 Å². The molecule has 1 aromatic rings. The number of hydrogen-bond acceptors (Lipinski definition) is 3. The standard InChI is InChI=1S/C16H23ClN2O2S/c1-11(2)12-3-6-15(17)16(9-12)22(20,21)19(13-4-5-13)14-7-8-18-10-14/h3,6,9,11,13-14,18H,4-5,7-8,10H2,1-2H3. The maximum absolute atomic E-state index is 13.2. The van der Waals surface area contributed by atoms with E-state index in [1.807, 2.05) is 6.07 Å². The first-order valence-corrected chi connectivity index (χ1v) is 9.76. The van der Waals surface area contributed by atoms with Gasteiger partial charge in [0.2, 0.25) is 10.0 Å². The van der Waals surface area contributed by atoms with Crippen LogP contribution in [0.25, 0.3) is 0 Å². The minimum atomic E-state index is -3.55. The first-order valence-electron chi connectivity index (χ1n) is 7.95. The van der Waals surface area contributed by atoms with Gasteiger partial charge in [-0.15, -0.1) is 0 Å². The topological polar surface area (TPSA) is 49.4 Å². The van der Waals surface area contributed by atoms with Crippen molar-refractivity contribution < 1.29 is 8.42 Å². The van der Waals surface area contributed by atoms with Gasteiger partial charge < -0.3 is 5.32 Å². The number of nitrogens with zero attached hydrogens (tertiary/aromatic N) is 1. The monoisotopic (exact) mass is 342 g/mol. The summed E-state index contributed by atoms with van der Waals surface area (Å²) in [6.45, 7) is 5.72. The van der Waals surface area contributed by atoms with Crippen LogP contribution in [0.1, 0.15) is 44.6 Å². The fourth-order valence-corrected chi connectivity index (χ4v) is 5.48. The molecular weight excluding hydrogens is 320 g/mol. The molecule has 1 aliphatic heterocycles. The van der Waals surface area contributed by atoms with E-state index in [0.717, 1.165) is 37.9 Å². The van der Waals surface area contributed by atoms with Gasteiger partial charge in [-0.25, -0.2) is 8.42 Å². The van der Waals surface area contributed by atoms with Gasteiger partial charge in [0.05, 0.1) is 5.02 Å². The summed E-state index contributed by atoms with van der Waals surface area (Å²) in [5, 5.41) is 3.58. The van der Waals surface area contributed by atoms with E-state index in [2.05, 4.69) is 19.2 Å². The van der Waals surface area contributed by atoms with Gasteiger partial charge in [0, 0.05) is 18.6 Å². The average molecular weight is 343 g/mol. The van der Waals surface area contributed by atoms with E-state index in [0.29, 0.717) is 5.02 Å². The summed E-state index contributed by atoms with van der Waals surface area (Å²) < 4.78 is 28.1. The van der Waals surface area contributed by atoms with Crippen LogP contribution < -0.4 is 5.32 Å². The van der Waals surface area contributed by atoms with Crippen LogP contribution in [0.4, 0.5) is 0 Å². The van der Waals surface area contributed by atoms with Crippen molar-refractivity contribution >= 4 is 21.6 Å². The zero-order valence-electron chi connectivity index (χ0n) is 13.0. The smallest absolute Gasteiger partial charge is 0.245 e. The van der Waals surface area contributed by atoms with Crippen molar-refractivity contribution in [3.63, 3.8) is 0 Å². The lowest BCUT2D eigenvalue weighted by molar-refractivity contribution is 0.327. The Kier molecular flexibility index (Phi) is 4.52. The Labute approximate surface area is 137 Å². The Balaban J connectivity index is 2.02. The van der Waals surface area contributed by atoms with E-state index < -0.39 is 10.0 Å². The minimum absolute atomic E-state index is 0.0521. The van der Waals surface area contributed by atoms with E-state index in [4.69, 9.17) is 11.6 Å². The van der Waals surface area contributed by atoms with Gasteiger partial charge in [0.1, 0.15) is 4.90 Å². The highest BCUT2D eigenvalue weighted by molar-refractivity contribution is 7.89. The summed E-state index contributed by atoms with van der Waals surface area (Å²) >= 11 is 6.24. The molecule has 6 heteroatoms. The SMILES string of the molecule is CC(C)c1ccc(Cl)c(S(=O)(=O)N(C2CC2)C2CCNC2)c1. The summed E-state index contributed by atoms with van der Waals surface area (Å²) in [6, 6.07) is 5.57. The highest BCUT2D eigenvalue weighted by Gasteiger charge is 2.44. The molecule has 2 aliphatic rings. The molecule has 2 fully saturated rings. The molecule has 1 N–H and O–H groups in total. The molecular formula is C16H23ClN2O2S. The van der Waals surface area contributed by atoms with Crippen molar-refractivity contribution in [1.29, 1.82) is 0 Å². The van der Waals surface area contributed by atoms with E-state index >= 15 is 0 Å². The second kappa shape index (κ2) is 6.11. The van der Waals surface area contributed by atoms with Crippen molar-refractivity contribution in [2.45, 2.75) is 56.0 Å². The molecule has 1 saturated carbocycles. The van der Waals surface area contributed by atoms with Crippen LogP contribution in [0.2, 0.25) is 5.02 Å². The lowest BCUT2D eigenvalue weighted by atomic mass is 10.0. The van der Waals surface area contributed by atoms with Gasteiger partial charge in [0.25, 0.3) is 0 Å². The average Bonchev–Trinajstić information content (AvgIpc) is 3.12. The van der Waals surface area contributed by atoms with Crippen molar-refractivity contribution in [2.24, 2.45) is 0 Å². The van der Waals surface area contributed by atoms with Crippen LogP contribution in [0.5, 0.6) is 0 Å². The maximum Gasteiger partial charge on any atom is 0.245 e. The van der Waals surface area contributed by atoms with Crippen LogP contribution in [0, 0.1) is 0 Å². The Morgan fingerprint density at radius 2 is 1.95 bits per heavy atom. The highest BCUT2D eigenvalue weighted by Crippen LogP contribution is 2.37. The third kappa shape index (κ3) is 3.04. The second-order valence-electron chi connectivity index (χ2n) is 6.56. The number of rotatable bonds is 5. The summed E-state index contributed by atoms with van der Waals surface area (Å²) in [6.07, 6.45) is 2.78. The predicted octanol–water partition coefficient (Wildman–Crippen LogP) is 2.98. The molecule has 1 heterocycles. The third-order valence-electron chi connectivity index (χ3n) is 4.48. The van der Waals surface area contributed by atoms with Gasteiger partial charge in [-0.3, -0.25) is 0 Å². The largest absolute Gasteiger partial charge is 0.315 e. The Morgan fingerprint density at radius 3 is 2.50 bits per heavy atom. The molecule has 4 nitrogen and oxygen atoms in total. The van der Waals surface area contributed by atoms with Crippen LogP contribution in [-0.4, -0.2) is 37.9 Å². The molecule has 0 aromatic heterocycles. The zero-order valence-corrected chi connectivity index (χ0v) is 14.6. The zero-order chi connectivity index (χ0) is 15.9. The maximum atomic E-state index is 13.2. The van der Waals surface area contributed by atoms with Crippen LogP contribution in [-0.2, 0) is 10.0 Å². The Morgan fingerprint density at radius 1 is 1.23 bits per heavy atom.